The zero-order valence-electron chi connectivity index (χ0n) is 13.1. The van der Waals surface area contributed by atoms with Gasteiger partial charge < -0.3 is 10.3 Å². The molecule has 0 amide bonds. The minimum absolute atomic E-state index is 0.291. The number of nitrogens with two attached hydrogens (primary N) is 1. The molecule has 2 aromatic rings. The van der Waals surface area contributed by atoms with Crippen molar-refractivity contribution >= 4 is 11.2 Å². The van der Waals surface area contributed by atoms with Gasteiger partial charge in [-0.2, -0.15) is 0 Å². The Morgan fingerprint density at radius 1 is 1.19 bits per heavy atom. The van der Waals surface area contributed by atoms with Crippen LogP contribution in [0.15, 0.2) is 9.59 Å². The van der Waals surface area contributed by atoms with E-state index in [0.717, 1.165) is 16.8 Å². The molecule has 0 saturated heterocycles. The lowest BCUT2D eigenvalue weighted by Gasteiger charge is -2.11. The second kappa shape index (κ2) is 5.85. The fraction of sp³-hybridized carbons (Fsp3) is 0.643. The van der Waals surface area contributed by atoms with Gasteiger partial charge in [0.1, 0.15) is 5.82 Å². The average molecular weight is 293 g/mol. The standard InChI is InChI=1S/C14H23N5O2/c1-9(2)8-19-10(6-5-7-15)16-12-11(19)13(20)18(4)14(21)17(12)3/h9H,5-8,15H2,1-4H3. The van der Waals surface area contributed by atoms with Crippen LogP contribution < -0.4 is 17.0 Å². The van der Waals surface area contributed by atoms with Crippen molar-refractivity contribution in [2.45, 2.75) is 33.2 Å². The minimum Gasteiger partial charge on any atom is -0.330 e. The fourth-order valence-corrected chi connectivity index (χ4v) is 2.50. The molecule has 7 heteroatoms. The van der Waals surface area contributed by atoms with Crippen LogP contribution >= 0.6 is 0 Å². The maximum atomic E-state index is 12.5. The third-order valence-electron chi connectivity index (χ3n) is 3.58. The highest BCUT2D eigenvalue weighted by molar-refractivity contribution is 5.71. The van der Waals surface area contributed by atoms with Crippen molar-refractivity contribution in [1.29, 1.82) is 0 Å². The lowest BCUT2D eigenvalue weighted by Crippen LogP contribution is -2.37. The van der Waals surface area contributed by atoms with E-state index in [1.54, 1.807) is 7.05 Å². The van der Waals surface area contributed by atoms with Crippen LogP contribution in [0.5, 0.6) is 0 Å². The average Bonchev–Trinajstić information content (AvgIpc) is 2.78. The van der Waals surface area contributed by atoms with Crippen molar-refractivity contribution < 1.29 is 0 Å². The van der Waals surface area contributed by atoms with Crippen LogP contribution in [-0.2, 0) is 27.1 Å². The summed E-state index contributed by atoms with van der Waals surface area (Å²) in [5, 5.41) is 0. The van der Waals surface area contributed by atoms with Crippen LogP contribution in [0.4, 0.5) is 0 Å². The number of hydrogen-bond acceptors (Lipinski definition) is 4. The first-order valence-electron chi connectivity index (χ1n) is 7.23. The maximum Gasteiger partial charge on any atom is 0.332 e. The van der Waals surface area contributed by atoms with Gasteiger partial charge in [0.05, 0.1) is 0 Å². The van der Waals surface area contributed by atoms with E-state index < -0.39 is 0 Å². The Labute approximate surface area is 123 Å². The van der Waals surface area contributed by atoms with E-state index in [9.17, 15) is 9.59 Å². The largest absolute Gasteiger partial charge is 0.332 e. The Kier molecular flexibility index (Phi) is 4.32. The van der Waals surface area contributed by atoms with Crippen molar-refractivity contribution in [2.24, 2.45) is 25.7 Å². The van der Waals surface area contributed by atoms with Gasteiger partial charge in [-0.15, -0.1) is 0 Å². The summed E-state index contributed by atoms with van der Waals surface area (Å²) in [6.45, 7) is 5.45. The molecule has 0 aliphatic carbocycles. The zero-order chi connectivity index (χ0) is 15.7. The molecule has 116 valence electrons. The first-order chi connectivity index (χ1) is 9.88. The molecule has 0 saturated carbocycles. The van der Waals surface area contributed by atoms with Crippen LogP contribution in [0.1, 0.15) is 26.1 Å². The van der Waals surface area contributed by atoms with Crippen molar-refractivity contribution in [3.05, 3.63) is 26.7 Å². The second-order valence-electron chi connectivity index (χ2n) is 5.80. The molecule has 0 aromatic carbocycles. The van der Waals surface area contributed by atoms with Crippen LogP contribution in [-0.4, -0.2) is 25.2 Å². The minimum atomic E-state index is -0.355. The van der Waals surface area contributed by atoms with Gasteiger partial charge in [0, 0.05) is 27.1 Å². The topological polar surface area (TPSA) is 87.8 Å². The highest BCUT2D eigenvalue weighted by Gasteiger charge is 2.19. The van der Waals surface area contributed by atoms with E-state index >= 15 is 0 Å². The fourth-order valence-electron chi connectivity index (χ4n) is 2.50. The summed E-state index contributed by atoms with van der Waals surface area (Å²) >= 11 is 0. The SMILES string of the molecule is CC(C)Cn1c(CCCN)nc2c1c(=O)n(C)c(=O)n2C. The van der Waals surface area contributed by atoms with E-state index in [1.807, 2.05) is 4.57 Å². The Morgan fingerprint density at radius 3 is 2.43 bits per heavy atom. The van der Waals surface area contributed by atoms with Gasteiger partial charge in [-0.1, -0.05) is 13.8 Å². The molecule has 0 spiro atoms. The summed E-state index contributed by atoms with van der Waals surface area (Å²) in [7, 11) is 3.14. The Balaban J connectivity index is 2.80. The van der Waals surface area contributed by atoms with Crippen LogP contribution in [0.2, 0.25) is 0 Å². The van der Waals surface area contributed by atoms with Crippen molar-refractivity contribution in [2.75, 3.05) is 6.54 Å². The monoisotopic (exact) mass is 293 g/mol. The van der Waals surface area contributed by atoms with Crippen LogP contribution in [0.3, 0.4) is 0 Å². The van der Waals surface area contributed by atoms with E-state index in [1.165, 1.54) is 11.6 Å². The van der Waals surface area contributed by atoms with Crippen molar-refractivity contribution in [3.8, 4) is 0 Å². The number of aromatic nitrogens is 4. The van der Waals surface area contributed by atoms with Gasteiger partial charge in [0.15, 0.2) is 11.2 Å². The molecule has 0 aliphatic rings. The number of imidazole rings is 1. The summed E-state index contributed by atoms with van der Waals surface area (Å²) in [4.78, 5) is 29.0. The smallest absolute Gasteiger partial charge is 0.330 e. The van der Waals surface area contributed by atoms with Crippen molar-refractivity contribution in [1.82, 2.24) is 18.7 Å². The lowest BCUT2D eigenvalue weighted by molar-refractivity contribution is 0.512. The number of fused-ring (bicyclic) bond motifs is 1. The molecule has 0 aliphatic heterocycles. The molecular weight excluding hydrogens is 270 g/mol. The molecule has 0 radical (unpaired) electrons. The summed E-state index contributed by atoms with van der Waals surface area (Å²) in [5.74, 6) is 1.20. The molecule has 0 bridgehead atoms. The molecule has 2 rings (SSSR count). The van der Waals surface area contributed by atoms with E-state index in [0.29, 0.717) is 36.6 Å². The molecule has 7 nitrogen and oxygen atoms in total. The van der Waals surface area contributed by atoms with Gasteiger partial charge in [0.25, 0.3) is 5.56 Å². The first kappa shape index (κ1) is 15.5. The highest BCUT2D eigenvalue weighted by atomic mass is 16.2. The molecule has 2 aromatic heterocycles. The molecule has 2 heterocycles. The van der Waals surface area contributed by atoms with E-state index in [2.05, 4.69) is 18.8 Å². The number of nitrogens with zero attached hydrogens (tertiary/aromatic N) is 4. The number of aryl methyl sites for hydroxylation is 2. The predicted octanol–water partition coefficient (Wildman–Crippen LogP) is -0.0190. The van der Waals surface area contributed by atoms with Gasteiger partial charge in [-0.05, 0) is 18.9 Å². The molecule has 21 heavy (non-hydrogen) atoms. The summed E-state index contributed by atoms with van der Waals surface area (Å²) in [5.41, 5.74) is 5.88. The lowest BCUT2D eigenvalue weighted by atomic mass is 10.2. The zero-order valence-corrected chi connectivity index (χ0v) is 13.1. The molecule has 0 atom stereocenters. The summed E-state index contributed by atoms with van der Waals surface area (Å²) in [6, 6.07) is 0. The Morgan fingerprint density at radius 2 is 1.86 bits per heavy atom. The molecule has 2 N–H and O–H groups in total. The van der Waals surface area contributed by atoms with E-state index in [-0.39, 0.29) is 11.2 Å². The second-order valence-corrected chi connectivity index (χ2v) is 5.80. The highest BCUT2D eigenvalue weighted by Crippen LogP contribution is 2.14. The first-order valence-corrected chi connectivity index (χ1v) is 7.23. The number of rotatable bonds is 5. The van der Waals surface area contributed by atoms with E-state index in [4.69, 9.17) is 5.73 Å². The maximum absolute atomic E-state index is 12.5. The quantitative estimate of drug-likeness (QED) is 0.839. The third-order valence-corrected chi connectivity index (χ3v) is 3.58. The Bertz CT molecular complexity index is 766. The van der Waals surface area contributed by atoms with Gasteiger partial charge in [-0.3, -0.25) is 13.9 Å². The predicted molar refractivity (Wildman–Crippen MR) is 82.4 cm³/mol. The van der Waals surface area contributed by atoms with Gasteiger partial charge in [0.2, 0.25) is 0 Å². The number of hydrogen-bond donors (Lipinski definition) is 1. The van der Waals surface area contributed by atoms with Crippen LogP contribution in [0.25, 0.3) is 11.2 Å². The summed E-state index contributed by atoms with van der Waals surface area (Å²) < 4.78 is 4.50. The Hall–Kier alpha value is -1.89. The molecule has 0 unspecified atom stereocenters. The van der Waals surface area contributed by atoms with Gasteiger partial charge >= 0.3 is 5.69 Å². The third kappa shape index (κ3) is 2.65. The summed E-state index contributed by atoms with van der Waals surface area (Å²) in [6.07, 6.45) is 1.50. The normalized spacial score (nSPS) is 11.7. The van der Waals surface area contributed by atoms with Gasteiger partial charge in [-0.25, -0.2) is 9.78 Å². The van der Waals surface area contributed by atoms with Crippen molar-refractivity contribution in [3.63, 3.8) is 0 Å². The van der Waals surface area contributed by atoms with Crippen LogP contribution in [0, 0.1) is 5.92 Å². The molecule has 0 fully saturated rings. The molecular formula is C14H23N5O2.